The smallest absolute Gasteiger partial charge is 0.238 e. The second-order valence-electron chi connectivity index (χ2n) is 6.54. The molecule has 2 N–H and O–H groups in total. The minimum atomic E-state index is -0.265. The first-order valence-electron chi connectivity index (χ1n) is 7.71. The van der Waals surface area contributed by atoms with E-state index in [-0.39, 0.29) is 23.7 Å². The van der Waals surface area contributed by atoms with E-state index in [1.807, 2.05) is 24.3 Å². The quantitative estimate of drug-likeness (QED) is 0.880. The van der Waals surface area contributed by atoms with Crippen molar-refractivity contribution >= 4 is 11.6 Å². The average molecular weight is 314 g/mol. The fourth-order valence-corrected chi connectivity index (χ4v) is 2.39. The summed E-state index contributed by atoms with van der Waals surface area (Å²) in [7, 11) is 0. The average Bonchev–Trinajstić information content (AvgIpc) is 2.49. The van der Waals surface area contributed by atoms with E-state index in [1.165, 1.54) is 6.07 Å². The summed E-state index contributed by atoms with van der Waals surface area (Å²) in [5, 5.41) is 5.89. The third-order valence-corrected chi connectivity index (χ3v) is 3.57. The van der Waals surface area contributed by atoms with Crippen LogP contribution in [0, 0.1) is 5.82 Å². The van der Waals surface area contributed by atoms with E-state index >= 15 is 0 Å². The molecule has 0 atom stereocenters. The van der Waals surface area contributed by atoms with E-state index < -0.39 is 0 Å². The molecule has 0 aromatic heterocycles. The summed E-state index contributed by atoms with van der Waals surface area (Å²) >= 11 is 0. The van der Waals surface area contributed by atoms with Gasteiger partial charge in [0.25, 0.3) is 0 Å². The van der Waals surface area contributed by atoms with E-state index in [0.29, 0.717) is 12.1 Å². The number of carbonyl (C=O) groups excluding carboxylic acids is 1. The highest BCUT2D eigenvalue weighted by Crippen LogP contribution is 2.29. The number of hydrogen-bond acceptors (Lipinski definition) is 2. The molecule has 0 aliphatic heterocycles. The molecule has 0 aliphatic carbocycles. The Balaban J connectivity index is 1.92. The minimum absolute atomic E-state index is 0.0511. The minimum Gasteiger partial charge on any atom is -0.325 e. The fourth-order valence-electron chi connectivity index (χ4n) is 2.39. The molecule has 0 saturated heterocycles. The van der Waals surface area contributed by atoms with Crippen molar-refractivity contribution < 1.29 is 9.18 Å². The van der Waals surface area contributed by atoms with Gasteiger partial charge in [0.05, 0.1) is 6.54 Å². The van der Waals surface area contributed by atoms with Gasteiger partial charge in [-0.25, -0.2) is 4.39 Å². The monoisotopic (exact) mass is 314 g/mol. The van der Waals surface area contributed by atoms with Gasteiger partial charge in [-0.15, -0.1) is 0 Å². The molecule has 0 bridgehead atoms. The zero-order chi connectivity index (χ0) is 16.9. The standard InChI is InChI=1S/C19H23FN2O/c1-19(2,3)15-9-5-7-11-17(15)22-18(23)13-21-12-14-8-4-6-10-16(14)20/h4-11,21H,12-13H2,1-3H3,(H,22,23). The van der Waals surface area contributed by atoms with E-state index in [1.54, 1.807) is 18.2 Å². The van der Waals surface area contributed by atoms with Crippen molar-refractivity contribution in [1.29, 1.82) is 0 Å². The van der Waals surface area contributed by atoms with Crippen LogP contribution < -0.4 is 10.6 Å². The summed E-state index contributed by atoms with van der Waals surface area (Å²) in [5.41, 5.74) is 2.40. The van der Waals surface area contributed by atoms with Crippen LogP contribution >= 0.6 is 0 Å². The van der Waals surface area contributed by atoms with Crippen molar-refractivity contribution in [2.75, 3.05) is 11.9 Å². The van der Waals surface area contributed by atoms with Gasteiger partial charge in [0.2, 0.25) is 5.91 Å². The van der Waals surface area contributed by atoms with Gasteiger partial charge in [-0.1, -0.05) is 57.2 Å². The molecule has 0 radical (unpaired) electrons. The molecule has 0 unspecified atom stereocenters. The number of nitrogens with one attached hydrogen (secondary N) is 2. The van der Waals surface area contributed by atoms with Crippen molar-refractivity contribution in [1.82, 2.24) is 5.32 Å². The number of rotatable bonds is 5. The van der Waals surface area contributed by atoms with Crippen LogP contribution in [0.15, 0.2) is 48.5 Å². The van der Waals surface area contributed by atoms with Gasteiger partial charge in [-0.3, -0.25) is 4.79 Å². The fraction of sp³-hybridized carbons (Fsp3) is 0.316. The third kappa shape index (κ3) is 4.89. The Morgan fingerprint density at radius 3 is 2.39 bits per heavy atom. The van der Waals surface area contributed by atoms with Crippen molar-refractivity contribution in [2.45, 2.75) is 32.7 Å². The predicted molar refractivity (Wildman–Crippen MR) is 91.9 cm³/mol. The zero-order valence-electron chi connectivity index (χ0n) is 13.8. The molecule has 1 amide bonds. The first kappa shape index (κ1) is 17.2. The lowest BCUT2D eigenvalue weighted by atomic mass is 9.86. The van der Waals surface area contributed by atoms with E-state index in [9.17, 15) is 9.18 Å². The molecule has 0 spiro atoms. The lowest BCUT2D eigenvalue weighted by molar-refractivity contribution is -0.115. The molecule has 4 heteroatoms. The van der Waals surface area contributed by atoms with Gasteiger partial charge in [-0.2, -0.15) is 0 Å². The van der Waals surface area contributed by atoms with Crippen molar-refractivity contribution in [3.05, 3.63) is 65.5 Å². The molecule has 3 nitrogen and oxygen atoms in total. The molecule has 2 rings (SSSR count). The largest absolute Gasteiger partial charge is 0.325 e. The van der Waals surface area contributed by atoms with Crippen molar-refractivity contribution in [2.24, 2.45) is 0 Å². The van der Waals surface area contributed by atoms with Crippen LogP contribution in [0.3, 0.4) is 0 Å². The normalized spacial score (nSPS) is 11.3. The number of halogens is 1. The summed E-state index contributed by atoms with van der Waals surface area (Å²) in [6.45, 7) is 6.77. The van der Waals surface area contributed by atoms with E-state index in [0.717, 1.165) is 11.3 Å². The highest BCUT2D eigenvalue weighted by molar-refractivity contribution is 5.93. The summed E-state index contributed by atoms with van der Waals surface area (Å²) in [4.78, 5) is 12.1. The van der Waals surface area contributed by atoms with Gasteiger partial charge in [0, 0.05) is 17.8 Å². The van der Waals surface area contributed by atoms with Crippen LogP contribution in [-0.4, -0.2) is 12.5 Å². The Bertz CT molecular complexity index is 677. The Hall–Kier alpha value is -2.20. The van der Waals surface area contributed by atoms with Crippen LogP contribution in [0.5, 0.6) is 0 Å². The highest BCUT2D eigenvalue weighted by Gasteiger charge is 2.18. The van der Waals surface area contributed by atoms with Crippen molar-refractivity contribution in [3.63, 3.8) is 0 Å². The first-order valence-corrected chi connectivity index (χ1v) is 7.71. The van der Waals surface area contributed by atoms with Crippen LogP contribution in [0.1, 0.15) is 31.9 Å². The maximum atomic E-state index is 13.5. The van der Waals surface area contributed by atoms with Crippen LogP contribution in [0.25, 0.3) is 0 Å². The molecule has 0 saturated carbocycles. The second kappa shape index (κ2) is 7.38. The molecule has 0 fully saturated rings. The Morgan fingerprint density at radius 2 is 1.70 bits per heavy atom. The number of benzene rings is 2. The first-order chi connectivity index (χ1) is 10.9. The van der Waals surface area contributed by atoms with E-state index in [2.05, 4.69) is 31.4 Å². The number of para-hydroxylation sites is 1. The molecular weight excluding hydrogens is 291 g/mol. The number of anilines is 1. The maximum absolute atomic E-state index is 13.5. The van der Waals surface area contributed by atoms with Gasteiger partial charge < -0.3 is 10.6 Å². The Kier molecular flexibility index (Phi) is 5.50. The van der Waals surface area contributed by atoms with Crippen LogP contribution in [0.4, 0.5) is 10.1 Å². The number of hydrogen-bond donors (Lipinski definition) is 2. The Morgan fingerprint density at radius 1 is 1.04 bits per heavy atom. The maximum Gasteiger partial charge on any atom is 0.238 e. The summed E-state index contributed by atoms with van der Waals surface area (Å²) < 4.78 is 13.5. The summed E-state index contributed by atoms with van der Waals surface area (Å²) in [6, 6.07) is 14.3. The van der Waals surface area contributed by atoms with Gasteiger partial charge in [0.1, 0.15) is 5.82 Å². The Labute approximate surface area is 136 Å². The highest BCUT2D eigenvalue weighted by atomic mass is 19.1. The SMILES string of the molecule is CC(C)(C)c1ccccc1NC(=O)CNCc1ccccc1F. The second-order valence-corrected chi connectivity index (χ2v) is 6.54. The summed E-state index contributed by atoms with van der Waals surface area (Å²) in [6.07, 6.45) is 0. The molecule has 0 aliphatic rings. The lowest BCUT2D eigenvalue weighted by Crippen LogP contribution is -2.29. The molecule has 2 aromatic carbocycles. The van der Waals surface area contributed by atoms with Gasteiger partial charge in [-0.05, 0) is 23.1 Å². The van der Waals surface area contributed by atoms with Gasteiger partial charge >= 0.3 is 0 Å². The topological polar surface area (TPSA) is 41.1 Å². The predicted octanol–water partition coefficient (Wildman–Crippen LogP) is 3.85. The zero-order valence-corrected chi connectivity index (χ0v) is 13.8. The number of amides is 1. The third-order valence-electron chi connectivity index (χ3n) is 3.57. The van der Waals surface area contributed by atoms with Crippen LogP contribution in [0.2, 0.25) is 0 Å². The molecular formula is C19H23FN2O. The molecule has 23 heavy (non-hydrogen) atoms. The molecule has 0 heterocycles. The van der Waals surface area contributed by atoms with Gasteiger partial charge in [0.15, 0.2) is 0 Å². The molecule has 2 aromatic rings. The molecule has 122 valence electrons. The lowest BCUT2D eigenvalue weighted by Gasteiger charge is -2.23. The van der Waals surface area contributed by atoms with Crippen molar-refractivity contribution in [3.8, 4) is 0 Å². The summed E-state index contributed by atoms with van der Waals surface area (Å²) in [5.74, 6) is -0.406. The number of carbonyl (C=O) groups is 1. The van der Waals surface area contributed by atoms with Crippen LogP contribution in [-0.2, 0) is 16.8 Å². The van der Waals surface area contributed by atoms with E-state index in [4.69, 9.17) is 0 Å².